The number of imidazole rings is 1. The van der Waals surface area contributed by atoms with Crippen molar-refractivity contribution in [3.8, 4) is 5.75 Å². The number of nitrogens with two attached hydrogens (primary N) is 1. The van der Waals surface area contributed by atoms with Crippen molar-refractivity contribution in [1.82, 2.24) is 24.6 Å². The number of nitrogens with zero attached hydrogens (tertiary/aromatic N) is 5. The van der Waals surface area contributed by atoms with Crippen LogP contribution in [0.5, 0.6) is 5.75 Å². The van der Waals surface area contributed by atoms with Crippen LogP contribution >= 0.6 is 0 Å². The molecule has 0 radical (unpaired) electrons. The summed E-state index contributed by atoms with van der Waals surface area (Å²) in [6.07, 6.45) is 10.3. The van der Waals surface area contributed by atoms with Crippen LogP contribution in [0.3, 0.4) is 0 Å². The number of carbonyl (C=O) groups excluding carboxylic acids is 1. The third kappa shape index (κ3) is 5.36. The first-order valence-electron chi connectivity index (χ1n) is 12.1. The number of rotatable bonds is 8. The largest absolute Gasteiger partial charge is 0.494 e. The number of anilines is 4. The molecule has 0 aliphatic heterocycles. The Bertz CT molecular complexity index is 1330. The molecular formula is C25H29N9O2. The Hall–Kier alpha value is -4.25. The van der Waals surface area contributed by atoms with Crippen molar-refractivity contribution >= 4 is 34.6 Å². The second-order valence-corrected chi connectivity index (χ2v) is 8.70. The number of hydrogen-bond acceptors (Lipinski definition) is 9. The summed E-state index contributed by atoms with van der Waals surface area (Å²) in [6, 6.07) is 9.44. The molecule has 4 aromatic rings. The summed E-state index contributed by atoms with van der Waals surface area (Å²) in [5, 5.41) is 14.4. The standard InChI is InChI=1S/C25H29N9O2/c1-2-36-19-9-12-28-22(13-19)32-20-14-23(30-17-5-3-16(26)4-6-17)33-34-21(15-29-24(20)34)25(35)31-18-7-10-27-11-8-18/h7-17H,2-6,26H2,1H3,(H,28,32)(H,30,33)(H,27,31,35). The number of amides is 1. The molecule has 5 N–H and O–H groups in total. The minimum atomic E-state index is -0.329. The summed E-state index contributed by atoms with van der Waals surface area (Å²) < 4.78 is 7.15. The van der Waals surface area contributed by atoms with Crippen molar-refractivity contribution in [3.63, 3.8) is 0 Å². The Labute approximate surface area is 208 Å². The summed E-state index contributed by atoms with van der Waals surface area (Å²) in [6.45, 7) is 2.48. The molecule has 1 amide bonds. The fourth-order valence-corrected chi connectivity index (χ4v) is 4.26. The van der Waals surface area contributed by atoms with Crippen LogP contribution in [0.1, 0.15) is 43.1 Å². The van der Waals surface area contributed by atoms with Gasteiger partial charge in [0.15, 0.2) is 11.3 Å². The van der Waals surface area contributed by atoms with Crippen LogP contribution in [0, 0.1) is 0 Å². The molecule has 0 spiro atoms. The van der Waals surface area contributed by atoms with Gasteiger partial charge in [-0.15, -0.1) is 5.10 Å². The van der Waals surface area contributed by atoms with Crippen molar-refractivity contribution < 1.29 is 9.53 Å². The summed E-state index contributed by atoms with van der Waals surface area (Å²) in [7, 11) is 0. The van der Waals surface area contributed by atoms with E-state index >= 15 is 0 Å². The van der Waals surface area contributed by atoms with Gasteiger partial charge in [-0.1, -0.05) is 0 Å². The van der Waals surface area contributed by atoms with Crippen molar-refractivity contribution in [2.45, 2.75) is 44.7 Å². The molecule has 4 heterocycles. The number of ether oxygens (including phenoxy) is 1. The molecule has 11 heteroatoms. The van der Waals surface area contributed by atoms with Gasteiger partial charge in [0.2, 0.25) is 0 Å². The van der Waals surface area contributed by atoms with Gasteiger partial charge < -0.3 is 26.4 Å². The summed E-state index contributed by atoms with van der Waals surface area (Å²) >= 11 is 0. The zero-order valence-electron chi connectivity index (χ0n) is 20.0. The maximum atomic E-state index is 13.1. The molecule has 1 aliphatic carbocycles. The molecule has 4 aromatic heterocycles. The number of carbonyl (C=O) groups is 1. The van der Waals surface area contributed by atoms with Crippen LogP contribution in [0.25, 0.3) is 5.65 Å². The lowest BCUT2D eigenvalue weighted by atomic mass is 9.92. The molecule has 0 atom stereocenters. The van der Waals surface area contributed by atoms with Gasteiger partial charge in [0, 0.05) is 48.5 Å². The molecule has 5 rings (SSSR count). The fraction of sp³-hybridized carbons (Fsp3) is 0.320. The predicted molar refractivity (Wildman–Crippen MR) is 138 cm³/mol. The van der Waals surface area contributed by atoms with Crippen molar-refractivity contribution in [2.75, 3.05) is 22.6 Å². The highest BCUT2D eigenvalue weighted by Gasteiger charge is 2.21. The molecule has 1 aliphatic rings. The molecule has 1 fully saturated rings. The minimum absolute atomic E-state index is 0.247. The first-order chi connectivity index (χ1) is 17.6. The van der Waals surface area contributed by atoms with E-state index in [-0.39, 0.29) is 18.0 Å². The van der Waals surface area contributed by atoms with E-state index < -0.39 is 0 Å². The molecule has 11 nitrogen and oxygen atoms in total. The Morgan fingerprint density at radius 2 is 1.89 bits per heavy atom. The molecule has 186 valence electrons. The molecular weight excluding hydrogens is 458 g/mol. The van der Waals surface area contributed by atoms with Crippen molar-refractivity contribution in [3.05, 3.63) is 60.8 Å². The van der Waals surface area contributed by atoms with Gasteiger partial charge in [0.05, 0.1) is 18.5 Å². The monoisotopic (exact) mass is 487 g/mol. The van der Waals surface area contributed by atoms with Crippen molar-refractivity contribution in [2.24, 2.45) is 5.73 Å². The second-order valence-electron chi connectivity index (χ2n) is 8.70. The van der Waals surface area contributed by atoms with Gasteiger partial charge in [0.1, 0.15) is 17.4 Å². The van der Waals surface area contributed by atoms with Gasteiger partial charge >= 0.3 is 0 Å². The lowest BCUT2D eigenvalue weighted by Crippen LogP contribution is -2.33. The number of nitrogens with one attached hydrogen (secondary N) is 3. The van der Waals surface area contributed by atoms with Crippen LogP contribution in [-0.4, -0.2) is 49.2 Å². The Morgan fingerprint density at radius 1 is 1.08 bits per heavy atom. The number of pyridine rings is 2. The first-order valence-corrected chi connectivity index (χ1v) is 12.1. The van der Waals surface area contributed by atoms with Crippen LogP contribution < -0.4 is 26.4 Å². The zero-order valence-corrected chi connectivity index (χ0v) is 20.0. The molecule has 1 saturated carbocycles. The Morgan fingerprint density at radius 3 is 2.67 bits per heavy atom. The smallest absolute Gasteiger partial charge is 0.276 e. The lowest BCUT2D eigenvalue weighted by molar-refractivity contribution is 0.102. The van der Waals surface area contributed by atoms with E-state index in [0.717, 1.165) is 25.7 Å². The van der Waals surface area contributed by atoms with Gasteiger partial charge in [-0.25, -0.2) is 14.5 Å². The van der Waals surface area contributed by atoms with E-state index in [0.29, 0.717) is 46.7 Å². The topological polar surface area (TPSA) is 144 Å². The van der Waals surface area contributed by atoms with Crippen LogP contribution in [-0.2, 0) is 0 Å². The van der Waals surface area contributed by atoms with Gasteiger partial charge in [0.25, 0.3) is 5.91 Å². The van der Waals surface area contributed by atoms with Gasteiger partial charge in [-0.3, -0.25) is 9.78 Å². The average molecular weight is 488 g/mol. The third-order valence-corrected chi connectivity index (χ3v) is 6.07. The predicted octanol–water partition coefficient (Wildman–Crippen LogP) is 3.60. The highest BCUT2D eigenvalue weighted by molar-refractivity contribution is 6.03. The van der Waals surface area contributed by atoms with Crippen LogP contribution in [0.4, 0.5) is 23.0 Å². The third-order valence-electron chi connectivity index (χ3n) is 6.07. The highest BCUT2D eigenvalue weighted by atomic mass is 16.5. The molecule has 0 saturated heterocycles. The summed E-state index contributed by atoms with van der Waals surface area (Å²) in [5.41, 5.74) is 8.16. The number of fused-ring (bicyclic) bond motifs is 1. The van der Waals surface area contributed by atoms with E-state index in [1.54, 1.807) is 41.3 Å². The normalized spacial score (nSPS) is 17.5. The van der Waals surface area contributed by atoms with E-state index in [1.807, 2.05) is 19.1 Å². The van der Waals surface area contributed by atoms with Gasteiger partial charge in [-0.2, -0.15) is 0 Å². The van der Waals surface area contributed by atoms with Crippen molar-refractivity contribution in [1.29, 1.82) is 0 Å². The fourth-order valence-electron chi connectivity index (χ4n) is 4.26. The van der Waals surface area contributed by atoms with E-state index in [1.165, 1.54) is 6.20 Å². The number of aromatic nitrogens is 5. The Kier molecular flexibility index (Phi) is 6.89. The maximum Gasteiger partial charge on any atom is 0.276 e. The minimum Gasteiger partial charge on any atom is -0.494 e. The second kappa shape index (κ2) is 10.6. The summed E-state index contributed by atoms with van der Waals surface area (Å²) in [4.78, 5) is 26.0. The van der Waals surface area contributed by atoms with Gasteiger partial charge in [-0.05, 0) is 50.8 Å². The molecule has 0 bridgehead atoms. The maximum absolute atomic E-state index is 13.1. The molecule has 0 unspecified atom stereocenters. The quantitative estimate of drug-likeness (QED) is 0.293. The average Bonchev–Trinajstić information content (AvgIpc) is 3.31. The van der Waals surface area contributed by atoms with E-state index in [4.69, 9.17) is 15.6 Å². The van der Waals surface area contributed by atoms with E-state index in [9.17, 15) is 4.79 Å². The molecule has 36 heavy (non-hydrogen) atoms. The van der Waals surface area contributed by atoms with E-state index in [2.05, 4.69) is 30.9 Å². The molecule has 0 aromatic carbocycles. The van der Waals surface area contributed by atoms with Crippen LogP contribution in [0.2, 0.25) is 0 Å². The highest BCUT2D eigenvalue weighted by Crippen LogP contribution is 2.27. The van der Waals surface area contributed by atoms with Crippen LogP contribution in [0.15, 0.2) is 55.1 Å². The Balaban J connectivity index is 1.49. The zero-order chi connectivity index (χ0) is 24.9. The summed E-state index contributed by atoms with van der Waals surface area (Å²) in [5.74, 6) is 1.60. The SMILES string of the molecule is CCOc1ccnc(Nc2cc(NC3CCC(N)CC3)nn3c(C(=O)Nc4ccncc4)cnc23)c1. The lowest BCUT2D eigenvalue weighted by Gasteiger charge is -2.27. The number of hydrogen-bond donors (Lipinski definition) is 4. The first kappa shape index (κ1) is 23.5.